The topological polar surface area (TPSA) is 20.3 Å². The number of likely N-dealkylation sites (tertiary alicyclic amines) is 1. The van der Waals surface area contributed by atoms with E-state index in [4.69, 9.17) is 0 Å². The minimum atomic E-state index is -0.289. The maximum absolute atomic E-state index is 13.1. The largest absolute Gasteiger partial charge is 0.338 e. The molecule has 1 amide bonds. The van der Waals surface area contributed by atoms with E-state index in [9.17, 15) is 9.18 Å². The molecule has 1 aliphatic heterocycles. The summed E-state index contributed by atoms with van der Waals surface area (Å²) in [5.41, 5.74) is 1.51. The van der Waals surface area contributed by atoms with Crippen molar-refractivity contribution in [2.24, 2.45) is 5.41 Å². The zero-order valence-corrected chi connectivity index (χ0v) is 11.3. The van der Waals surface area contributed by atoms with Crippen LogP contribution in [0.2, 0.25) is 0 Å². The molecule has 0 radical (unpaired) electrons. The highest BCUT2D eigenvalue weighted by Gasteiger charge is 2.29. The standard InChI is InChI=1S/C15H20FNO/c1-11-9-12(16)5-6-13(11)14(18)17-8-4-7-15(2,3)10-17/h5-6,9H,4,7-8,10H2,1-3H3. The number of benzene rings is 1. The second-order valence-corrected chi connectivity index (χ2v) is 5.95. The van der Waals surface area contributed by atoms with Gasteiger partial charge in [-0.15, -0.1) is 0 Å². The number of hydrogen-bond acceptors (Lipinski definition) is 1. The Bertz CT molecular complexity index is 468. The van der Waals surface area contributed by atoms with Crippen molar-refractivity contribution in [3.63, 3.8) is 0 Å². The fraction of sp³-hybridized carbons (Fsp3) is 0.533. The lowest BCUT2D eigenvalue weighted by molar-refractivity contribution is 0.0582. The van der Waals surface area contributed by atoms with Crippen LogP contribution in [0.5, 0.6) is 0 Å². The lowest BCUT2D eigenvalue weighted by atomic mass is 9.84. The first kappa shape index (κ1) is 13.1. The molecule has 1 saturated heterocycles. The van der Waals surface area contributed by atoms with Gasteiger partial charge in [0.1, 0.15) is 5.82 Å². The first-order valence-corrected chi connectivity index (χ1v) is 6.44. The maximum Gasteiger partial charge on any atom is 0.254 e. The Kier molecular flexibility index (Phi) is 3.42. The average molecular weight is 249 g/mol. The van der Waals surface area contributed by atoms with Gasteiger partial charge in [0.15, 0.2) is 0 Å². The Morgan fingerprint density at radius 3 is 2.72 bits per heavy atom. The van der Waals surface area contributed by atoms with Gasteiger partial charge in [-0.1, -0.05) is 13.8 Å². The Balaban J connectivity index is 2.20. The van der Waals surface area contributed by atoms with E-state index >= 15 is 0 Å². The van der Waals surface area contributed by atoms with Crippen LogP contribution in [0.15, 0.2) is 18.2 Å². The molecule has 0 bridgehead atoms. The molecule has 1 aromatic rings. The van der Waals surface area contributed by atoms with Crippen LogP contribution in [0.3, 0.4) is 0 Å². The maximum atomic E-state index is 13.1. The fourth-order valence-corrected chi connectivity index (χ4v) is 2.63. The minimum absolute atomic E-state index is 0.0280. The summed E-state index contributed by atoms with van der Waals surface area (Å²) in [5, 5.41) is 0. The van der Waals surface area contributed by atoms with Crippen LogP contribution in [0.1, 0.15) is 42.6 Å². The molecule has 2 rings (SSSR count). The van der Waals surface area contributed by atoms with Gasteiger partial charge in [-0.3, -0.25) is 4.79 Å². The molecular weight excluding hydrogens is 229 g/mol. The van der Waals surface area contributed by atoms with Gasteiger partial charge in [0, 0.05) is 18.7 Å². The molecule has 2 nitrogen and oxygen atoms in total. The van der Waals surface area contributed by atoms with Crippen molar-refractivity contribution in [1.29, 1.82) is 0 Å². The SMILES string of the molecule is Cc1cc(F)ccc1C(=O)N1CCCC(C)(C)C1. The Hall–Kier alpha value is -1.38. The molecule has 1 fully saturated rings. The molecular formula is C15H20FNO. The van der Waals surface area contributed by atoms with E-state index in [-0.39, 0.29) is 17.1 Å². The van der Waals surface area contributed by atoms with Gasteiger partial charge in [-0.05, 0) is 48.9 Å². The molecule has 98 valence electrons. The van der Waals surface area contributed by atoms with Crippen LogP contribution in [0.4, 0.5) is 4.39 Å². The minimum Gasteiger partial charge on any atom is -0.338 e. The third-order valence-electron chi connectivity index (χ3n) is 3.61. The van der Waals surface area contributed by atoms with Crippen molar-refractivity contribution >= 4 is 5.91 Å². The summed E-state index contributed by atoms with van der Waals surface area (Å²) in [6.45, 7) is 7.74. The number of piperidine rings is 1. The summed E-state index contributed by atoms with van der Waals surface area (Å²) in [5.74, 6) is -0.261. The number of amides is 1. The van der Waals surface area contributed by atoms with E-state index in [1.165, 1.54) is 12.1 Å². The molecule has 0 atom stereocenters. The van der Waals surface area contributed by atoms with E-state index in [1.807, 2.05) is 4.90 Å². The molecule has 0 aromatic heterocycles. The van der Waals surface area contributed by atoms with Crippen molar-refractivity contribution in [3.05, 3.63) is 35.1 Å². The van der Waals surface area contributed by atoms with Crippen LogP contribution >= 0.6 is 0 Å². The zero-order chi connectivity index (χ0) is 13.3. The lowest BCUT2D eigenvalue weighted by Gasteiger charge is -2.38. The molecule has 0 aliphatic carbocycles. The molecule has 0 spiro atoms. The molecule has 0 unspecified atom stereocenters. The van der Waals surface area contributed by atoms with E-state index in [0.29, 0.717) is 11.1 Å². The van der Waals surface area contributed by atoms with Crippen molar-refractivity contribution in [1.82, 2.24) is 4.90 Å². The average Bonchev–Trinajstić information content (AvgIpc) is 2.27. The molecule has 3 heteroatoms. The predicted octanol–water partition coefficient (Wildman–Crippen LogP) is 3.40. The van der Waals surface area contributed by atoms with Crippen molar-refractivity contribution in [3.8, 4) is 0 Å². The number of carbonyl (C=O) groups is 1. The highest BCUT2D eigenvalue weighted by Crippen LogP contribution is 2.29. The lowest BCUT2D eigenvalue weighted by Crippen LogP contribution is -2.43. The van der Waals surface area contributed by atoms with Gasteiger partial charge in [-0.2, -0.15) is 0 Å². The Morgan fingerprint density at radius 1 is 1.39 bits per heavy atom. The normalized spacial score (nSPS) is 18.8. The van der Waals surface area contributed by atoms with Gasteiger partial charge >= 0.3 is 0 Å². The van der Waals surface area contributed by atoms with Crippen LogP contribution in [0, 0.1) is 18.2 Å². The third kappa shape index (κ3) is 2.71. The summed E-state index contributed by atoms with van der Waals surface area (Å²) < 4.78 is 13.1. The first-order chi connectivity index (χ1) is 8.39. The molecule has 18 heavy (non-hydrogen) atoms. The van der Waals surface area contributed by atoms with E-state index in [2.05, 4.69) is 13.8 Å². The number of nitrogens with zero attached hydrogens (tertiary/aromatic N) is 1. The number of carbonyl (C=O) groups excluding carboxylic acids is 1. The molecule has 1 aliphatic rings. The summed E-state index contributed by atoms with van der Waals surface area (Å²) >= 11 is 0. The number of aryl methyl sites for hydroxylation is 1. The van der Waals surface area contributed by atoms with Gasteiger partial charge in [0.25, 0.3) is 5.91 Å². The van der Waals surface area contributed by atoms with Gasteiger partial charge in [0.05, 0.1) is 0 Å². The molecule has 1 heterocycles. The van der Waals surface area contributed by atoms with Crippen LogP contribution in [-0.2, 0) is 0 Å². The third-order valence-corrected chi connectivity index (χ3v) is 3.61. The van der Waals surface area contributed by atoms with Crippen LogP contribution in [-0.4, -0.2) is 23.9 Å². The van der Waals surface area contributed by atoms with Crippen molar-refractivity contribution in [2.75, 3.05) is 13.1 Å². The highest BCUT2D eigenvalue weighted by atomic mass is 19.1. The van der Waals surface area contributed by atoms with E-state index in [0.717, 1.165) is 25.9 Å². The highest BCUT2D eigenvalue weighted by molar-refractivity contribution is 5.95. The number of hydrogen-bond donors (Lipinski definition) is 0. The molecule has 1 aromatic carbocycles. The second kappa shape index (κ2) is 4.71. The zero-order valence-electron chi connectivity index (χ0n) is 11.3. The van der Waals surface area contributed by atoms with E-state index < -0.39 is 0 Å². The number of halogens is 1. The summed E-state index contributed by atoms with van der Waals surface area (Å²) in [6.07, 6.45) is 2.19. The molecule has 0 N–H and O–H groups in total. The monoisotopic (exact) mass is 249 g/mol. The van der Waals surface area contributed by atoms with Gasteiger partial charge in [-0.25, -0.2) is 4.39 Å². The van der Waals surface area contributed by atoms with Crippen LogP contribution < -0.4 is 0 Å². The van der Waals surface area contributed by atoms with E-state index in [1.54, 1.807) is 13.0 Å². The number of rotatable bonds is 1. The molecule has 0 saturated carbocycles. The van der Waals surface area contributed by atoms with Crippen LogP contribution in [0.25, 0.3) is 0 Å². The summed E-state index contributed by atoms with van der Waals surface area (Å²) in [6, 6.07) is 4.37. The van der Waals surface area contributed by atoms with Crippen molar-refractivity contribution in [2.45, 2.75) is 33.6 Å². The van der Waals surface area contributed by atoms with Gasteiger partial charge in [0.2, 0.25) is 0 Å². The van der Waals surface area contributed by atoms with Crippen molar-refractivity contribution < 1.29 is 9.18 Å². The Morgan fingerprint density at radius 2 is 2.11 bits per heavy atom. The fourth-order valence-electron chi connectivity index (χ4n) is 2.63. The summed E-state index contributed by atoms with van der Waals surface area (Å²) in [4.78, 5) is 14.3. The smallest absolute Gasteiger partial charge is 0.254 e. The quantitative estimate of drug-likeness (QED) is 0.747. The first-order valence-electron chi connectivity index (χ1n) is 6.44. The van der Waals surface area contributed by atoms with Gasteiger partial charge < -0.3 is 4.90 Å². The summed E-state index contributed by atoms with van der Waals surface area (Å²) in [7, 11) is 0. The second-order valence-electron chi connectivity index (χ2n) is 5.95. The predicted molar refractivity (Wildman–Crippen MR) is 70.1 cm³/mol. The Labute approximate surface area is 108 Å².